The van der Waals surface area contributed by atoms with Gasteiger partial charge in [0.25, 0.3) is 5.91 Å². The average Bonchev–Trinajstić information content (AvgIpc) is 3.35. The summed E-state index contributed by atoms with van der Waals surface area (Å²) in [5.41, 5.74) is 2.15. The molecule has 36 heavy (non-hydrogen) atoms. The Hall–Kier alpha value is -3.10. The summed E-state index contributed by atoms with van der Waals surface area (Å²) in [5.74, 6) is -1.10. The molecular weight excluding hydrogens is 480 g/mol. The van der Waals surface area contributed by atoms with Crippen molar-refractivity contribution in [3.8, 4) is 0 Å². The standard InChI is InChI=1S/C28H29F2N3O2S/c1-19-18-32(14-15-33(19)28(35)22-7-2-3-8-24(22)30)26(34)10-13-31-12-9-25-23(11-16-36-25)27(31)20-5-4-6-21(29)17-20/h2-8,11,16-17,19,27H,9-10,12-15,18H2,1H3. The molecule has 1 aromatic heterocycles. The highest BCUT2D eigenvalue weighted by Gasteiger charge is 2.33. The molecule has 3 aromatic rings. The fourth-order valence-corrected chi connectivity index (χ4v) is 6.25. The van der Waals surface area contributed by atoms with E-state index < -0.39 is 5.82 Å². The number of fused-ring (bicyclic) bond motifs is 1. The third kappa shape index (κ3) is 4.92. The van der Waals surface area contributed by atoms with Gasteiger partial charge < -0.3 is 9.80 Å². The van der Waals surface area contributed by atoms with Crippen molar-refractivity contribution in [3.05, 3.63) is 93.2 Å². The molecule has 2 aliphatic rings. The summed E-state index contributed by atoms with van der Waals surface area (Å²) in [6.45, 7) is 4.47. The quantitative estimate of drug-likeness (QED) is 0.499. The van der Waals surface area contributed by atoms with E-state index in [0.29, 0.717) is 32.6 Å². The molecule has 2 unspecified atom stereocenters. The topological polar surface area (TPSA) is 43.9 Å². The lowest BCUT2D eigenvalue weighted by molar-refractivity contribution is -0.134. The largest absolute Gasteiger partial charge is 0.339 e. The van der Waals surface area contributed by atoms with Crippen molar-refractivity contribution in [1.82, 2.24) is 14.7 Å². The van der Waals surface area contributed by atoms with E-state index in [0.717, 1.165) is 18.5 Å². The van der Waals surface area contributed by atoms with E-state index in [2.05, 4.69) is 16.3 Å². The molecule has 0 aliphatic carbocycles. The van der Waals surface area contributed by atoms with Crippen molar-refractivity contribution in [2.24, 2.45) is 0 Å². The molecule has 1 saturated heterocycles. The second-order valence-electron chi connectivity index (χ2n) is 9.46. The van der Waals surface area contributed by atoms with Gasteiger partial charge in [0.2, 0.25) is 5.91 Å². The van der Waals surface area contributed by atoms with Crippen LogP contribution in [0.2, 0.25) is 0 Å². The Morgan fingerprint density at radius 2 is 1.86 bits per heavy atom. The zero-order valence-electron chi connectivity index (χ0n) is 20.2. The van der Waals surface area contributed by atoms with E-state index in [1.807, 2.05) is 13.0 Å². The van der Waals surface area contributed by atoms with Gasteiger partial charge in [-0.3, -0.25) is 14.5 Å². The molecule has 8 heteroatoms. The minimum absolute atomic E-state index is 0.0361. The van der Waals surface area contributed by atoms with Gasteiger partial charge in [0.1, 0.15) is 11.6 Å². The van der Waals surface area contributed by atoms with Crippen LogP contribution in [-0.2, 0) is 11.2 Å². The molecule has 0 radical (unpaired) electrons. The van der Waals surface area contributed by atoms with Crippen LogP contribution in [0.25, 0.3) is 0 Å². The summed E-state index contributed by atoms with van der Waals surface area (Å²) in [6.07, 6.45) is 1.26. The fourth-order valence-electron chi connectivity index (χ4n) is 5.35. The van der Waals surface area contributed by atoms with Crippen molar-refractivity contribution in [2.45, 2.75) is 31.8 Å². The second kappa shape index (κ2) is 10.5. The Morgan fingerprint density at radius 1 is 1.03 bits per heavy atom. The third-order valence-corrected chi connectivity index (χ3v) is 8.18. The van der Waals surface area contributed by atoms with Crippen molar-refractivity contribution in [1.29, 1.82) is 0 Å². The van der Waals surface area contributed by atoms with Gasteiger partial charge in [0, 0.05) is 50.1 Å². The van der Waals surface area contributed by atoms with E-state index >= 15 is 0 Å². The molecule has 5 nitrogen and oxygen atoms in total. The predicted octanol–water partition coefficient (Wildman–Crippen LogP) is 4.74. The molecular formula is C28H29F2N3O2S. The van der Waals surface area contributed by atoms with Crippen molar-refractivity contribution in [2.75, 3.05) is 32.7 Å². The molecule has 2 aromatic carbocycles. The van der Waals surface area contributed by atoms with E-state index in [-0.39, 0.29) is 35.3 Å². The smallest absolute Gasteiger partial charge is 0.257 e. The average molecular weight is 510 g/mol. The molecule has 2 aliphatic heterocycles. The predicted molar refractivity (Wildman–Crippen MR) is 136 cm³/mol. The number of hydrogen-bond donors (Lipinski definition) is 0. The van der Waals surface area contributed by atoms with Crippen molar-refractivity contribution in [3.63, 3.8) is 0 Å². The van der Waals surface area contributed by atoms with Gasteiger partial charge in [-0.25, -0.2) is 8.78 Å². The number of benzene rings is 2. The highest BCUT2D eigenvalue weighted by molar-refractivity contribution is 7.10. The van der Waals surface area contributed by atoms with Crippen LogP contribution in [0.15, 0.2) is 60.0 Å². The van der Waals surface area contributed by atoms with Gasteiger partial charge in [0.15, 0.2) is 0 Å². The SMILES string of the molecule is CC1CN(C(=O)CCN2CCc3sccc3C2c2cccc(F)c2)CCN1C(=O)c1ccccc1F. The first-order valence-corrected chi connectivity index (χ1v) is 13.2. The van der Waals surface area contributed by atoms with E-state index in [9.17, 15) is 18.4 Å². The van der Waals surface area contributed by atoms with Crippen LogP contribution >= 0.6 is 11.3 Å². The molecule has 2 amide bonds. The third-order valence-electron chi connectivity index (χ3n) is 7.19. The van der Waals surface area contributed by atoms with Crippen LogP contribution in [-0.4, -0.2) is 65.3 Å². The number of piperazine rings is 1. The molecule has 3 heterocycles. The van der Waals surface area contributed by atoms with Crippen LogP contribution < -0.4 is 0 Å². The lowest BCUT2D eigenvalue weighted by Crippen LogP contribution is -2.55. The molecule has 0 N–H and O–H groups in total. The first-order chi connectivity index (χ1) is 17.4. The van der Waals surface area contributed by atoms with Gasteiger partial charge in [-0.2, -0.15) is 0 Å². The van der Waals surface area contributed by atoms with Crippen LogP contribution in [0.4, 0.5) is 8.78 Å². The monoisotopic (exact) mass is 509 g/mol. The lowest BCUT2D eigenvalue weighted by Gasteiger charge is -2.41. The van der Waals surface area contributed by atoms with E-state index in [4.69, 9.17) is 0 Å². The minimum atomic E-state index is -0.531. The normalized spacial score (nSPS) is 20.3. The zero-order chi connectivity index (χ0) is 25.2. The maximum absolute atomic E-state index is 14.1. The van der Waals surface area contributed by atoms with Crippen LogP contribution in [0.3, 0.4) is 0 Å². The molecule has 5 rings (SSSR count). The summed E-state index contributed by atoms with van der Waals surface area (Å²) in [7, 11) is 0. The molecule has 0 spiro atoms. The first kappa shape index (κ1) is 24.6. The fraction of sp³-hybridized carbons (Fsp3) is 0.357. The maximum atomic E-state index is 14.1. The van der Waals surface area contributed by atoms with E-state index in [1.54, 1.807) is 45.4 Å². The first-order valence-electron chi connectivity index (χ1n) is 12.3. The molecule has 0 bridgehead atoms. The van der Waals surface area contributed by atoms with Crippen LogP contribution in [0.5, 0.6) is 0 Å². The second-order valence-corrected chi connectivity index (χ2v) is 10.5. The summed E-state index contributed by atoms with van der Waals surface area (Å²) < 4.78 is 28.2. The Balaban J connectivity index is 1.23. The van der Waals surface area contributed by atoms with Gasteiger partial charge in [0.05, 0.1) is 11.6 Å². The zero-order valence-corrected chi connectivity index (χ0v) is 21.0. The Labute approximate surface area is 213 Å². The summed E-state index contributed by atoms with van der Waals surface area (Å²) >= 11 is 1.73. The van der Waals surface area contributed by atoms with Gasteiger partial charge in [-0.05, 0) is 60.2 Å². The molecule has 0 saturated carbocycles. The molecule has 2 atom stereocenters. The highest BCUT2D eigenvalue weighted by Crippen LogP contribution is 2.38. The molecule has 1 fully saturated rings. The number of carbonyl (C=O) groups excluding carboxylic acids is 2. The number of halogens is 2. The number of nitrogens with zero attached hydrogens (tertiary/aromatic N) is 3. The Kier molecular flexibility index (Phi) is 7.16. The molecule has 188 valence electrons. The number of rotatable bonds is 5. The lowest BCUT2D eigenvalue weighted by atomic mass is 9.93. The summed E-state index contributed by atoms with van der Waals surface area (Å²) in [4.78, 5) is 33.0. The van der Waals surface area contributed by atoms with Crippen LogP contribution in [0.1, 0.15) is 45.7 Å². The number of thiophene rings is 1. The number of carbonyl (C=O) groups is 2. The van der Waals surface area contributed by atoms with Crippen LogP contribution in [0, 0.1) is 11.6 Å². The Bertz CT molecular complexity index is 1260. The number of hydrogen-bond acceptors (Lipinski definition) is 4. The van der Waals surface area contributed by atoms with Crippen molar-refractivity contribution < 1.29 is 18.4 Å². The summed E-state index contributed by atoms with van der Waals surface area (Å²) in [5, 5.41) is 2.08. The number of amides is 2. The Morgan fingerprint density at radius 3 is 2.64 bits per heavy atom. The van der Waals surface area contributed by atoms with Gasteiger partial charge in [-0.1, -0.05) is 24.3 Å². The van der Waals surface area contributed by atoms with Gasteiger partial charge >= 0.3 is 0 Å². The van der Waals surface area contributed by atoms with E-state index in [1.165, 1.54) is 28.6 Å². The minimum Gasteiger partial charge on any atom is -0.339 e. The summed E-state index contributed by atoms with van der Waals surface area (Å²) in [6, 6.07) is 14.5. The van der Waals surface area contributed by atoms with Crippen molar-refractivity contribution >= 4 is 23.2 Å². The van der Waals surface area contributed by atoms with Gasteiger partial charge in [-0.15, -0.1) is 11.3 Å². The maximum Gasteiger partial charge on any atom is 0.257 e. The highest BCUT2D eigenvalue weighted by atomic mass is 32.1.